The van der Waals surface area contributed by atoms with Crippen LogP contribution < -0.4 is 11.1 Å². The van der Waals surface area contributed by atoms with E-state index in [-0.39, 0.29) is 6.54 Å². The molecule has 1 heterocycles. The van der Waals surface area contributed by atoms with Gasteiger partial charge in [-0.15, -0.1) is 10.6 Å². The lowest BCUT2D eigenvalue weighted by atomic mass is 10.3. The fourth-order valence-corrected chi connectivity index (χ4v) is 2.19. The van der Waals surface area contributed by atoms with Crippen LogP contribution in [0.1, 0.15) is 19.3 Å². The zero-order valence-corrected chi connectivity index (χ0v) is 10.6. The zero-order valence-electron chi connectivity index (χ0n) is 9.81. The number of hydrogen-bond donors (Lipinski definition) is 3. The Labute approximate surface area is 105 Å². The van der Waals surface area contributed by atoms with Gasteiger partial charge in [0.15, 0.2) is 0 Å². The maximum absolute atomic E-state index is 10.6. The van der Waals surface area contributed by atoms with Crippen molar-refractivity contribution in [3.8, 4) is 0 Å². The highest BCUT2D eigenvalue weighted by Gasteiger charge is 2.19. The van der Waals surface area contributed by atoms with E-state index in [9.17, 15) is 4.79 Å². The maximum Gasteiger partial charge on any atom is 0.324 e. The van der Waals surface area contributed by atoms with E-state index in [4.69, 9.17) is 9.84 Å². The van der Waals surface area contributed by atoms with Gasteiger partial charge in [0.2, 0.25) is 5.17 Å². The molecule has 0 saturated carbocycles. The first-order chi connectivity index (χ1) is 8.24. The molecule has 0 aromatic rings. The molecule has 3 N–H and O–H groups in total. The van der Waals surface area contributed by atoms with E-state index in [0.29, 0.717) is 5.17 Å². The van der Waals surface area contributed by atoms with Gasteiger partial charge < -0.3 is 9.84 Å². The molecule has 0 bridgehead atoms. The van der Waals surface area contributed by atoms with Crippen LogP contribution in [-0.4, -0.2) is 47.3 Å². The molecule has 0 aromatic carbocycles. The highest BCUT2D eigenvalue weighted by atomic mass is 32.2. The Morgan fingerprint density at radius 2 is 2.35 bits per heavy atom. The van der Waals surface area contributed by atoms with Crippen molar-refractivity contribution in [2.45, 2.75) is 19.3 Å². The van der Waals surface area contributed by atoms with Gasteiger partial charge in [-0.3, -0.25) is 9.80 Å². The summed E-state index contributed by atoms with van der Waals surface area (Å²) >= 11 is 1.54. The van der Waals surface area contributed by atoms with E-state index in [2.05, 4.69) is 16.2 Å². The first kappa shape index (κ1) is 14.1. The van der Waals surface area contributed by atoms with Crippen LogP contribution in [0, 0.1) is 0 Å². The normalized spacial score (nSPS) is 14.6. The topological polar surface area (TPSA) is 86.2 Å². The summed E-state index contributed by atoms with van der Waals surface area (Å²) in [5, 5.41) is 14.8. The number of nitrogens with zero attached hydrogens (tertiary/aromatic N) is 2. The van der Waals surface area contributed by atoms with Gasteiger partial charge in [-0.05, 0) is 12.8 Å². The lowest BCUT2D eigenvalue weighted by molar-refractivity contribution is -0.137. The average molecular weight is 262 g/mol. The largest absolute Gasteiger partial charge is 0.480 e. The summed E-state index contributed by atoms with van der Waals surface area (Å²) in [6, 6.07) is 0. The molecule has 8 heteroatoms. The third-order valence-electron chi connectivity index (χ3n) is 2.08. The molecule has 0 radical (unpaired) electrons. The number of methoxy groups -OCH3 is 1. The van der Waals surface area contributed by atoms with Crippen molar-refractivity contribution in [1.82, 2.24) is 16.1 Å². The van der Waals surface area contributed by atoms with Crippen LogP contribution in [0.2, 0.25) is 0 Å². The number of nitrogens with one attached hydrogen (secondary N) is 2. The summed E-state index contributed by atoms with van der Waals surface area (Å²) in [6.07, 6.45) is 3.22. The van der Waals surface area contributed by atoms with Gasteiger partial charge in [0.25, 0.3) is 0 Å². The summed E-state index contributed by atoms with van der Waals surface area (Å²) in [5.74, 6) is 0.0248. The Morgan fingerprint density at radius 3 is 3.06 bits per heavy atom. The highest BCUT2D eigenvalue weighted by Crippen LogP contribution is 2.12. The number of ether oxygens (including phenoxy) is 1. The molecule has 0 unspecified atom stereocenters. The van der Waals surface area contributed by atoms with Gasteiger partial charge in [0.1, 0.15) is 6.54 Å². The second-order valence-corrected chi connectivity index (χ2v) is 4.56. The molecule has 0 atom stereocenters. The van der Waals surface area contributed by atoms with Gasteiger partial charge in [0, 0.05) is 19.5 Å². The Balaban J connectivity index is 2.11. The third kappa shape index (κ3) is 5.76. The quantitative estimate of drug-likeness (QED) is 0.539. The molecule has 1 rings (SSSR count). The van der Waals surface area contributed by atoms with Crippen LogP contribution in [0.15, 0.2) is 5.10 Å². The van der Waals surface area contributed by atoms with Crippen molar-refractivity contribution in [2.24, 2.45) is 5.10 Å². The van der Waals surface area contributed by atoms with E-state index < -0.39 is 5.97 Å². The standard InChI is InChI=1S/C9H18N4O3S/c1-16-5-3-2-4-6-17-9-10-11-12-13(9)7-8(14)15/h11-12H,2-7H2,1H3,(H,14,15). The lowest BCUT2D eigenvalue weighted by Crippen LogP contribution is -2.43. The van der Waals surface area contributed by atoms with Crippen LogP contribution in [0.3, 0.4) is 0 Å². The monoisotopic (exact) mass is 262 g/mol. The number of hydrazone groups is 1. The van der Waals surface area contributed by atoms with E-state index in [1.54, 1.807) is 7.11 Å². The second kappa shape index (κ2) is 8.15. The molecule has 98 valence electrons. The van der Waals surface area contributed by atoms with E-state index in [0.717, 1.165) is 31.6 Å². The molecular formula is C9H18N4O3S. The number of carboxylic acids is 1. The summed E-state index contributed by atoms with van der Waals surface area (Å²) in [5.41, 5.74) is 5.21. The first-order valence-corrected chi connectivity index (χ1v) is 6.42. The average Bonchev–Trinajstić information content (AvgIpc) is 2.70. The van der Waals surface area contributed by atoms with Gasteiger partial charge in [-0.2, -0.15) is 0 Å². The minimum absolute atomic E-state index is 0.109. The Bertz CT molecular complexity index is 275. The number of unbranched alkanes of at least 4 members (excludes halogenated alkanes) is 2. The van der Waals surface area contributed by atoms with Crippen LogP contribution >= 0.6 is 11.8 Å². The van der Waals surface area contributed by atoms with Gasteiger partial charge in [-0.25, -0.2) is 5.53 Å². The smallest absolute Gasteiger partial charge is 0.324 e. The maximum atomic E-state index is 10.6. The van der Waals surface area contributed by atoms with Crippen molar-refractivity contribution < 1.29 is 14.6 Å². The van der Waals surface area contributed by atoms with Crippen LogP contribution in [0.25, 0.3) is 0 Å². The van der Waals surface area contributed by atoms with Gasteiger partial charge >= 0.3 is 5.97 Å². The number of carbonyl (C=O) groups is 1. The molecule has 0 amide bonds. The minimum atomic E-state index is -0.894. The van der Waals surface area contributed by atoms with Gasteiger partial charge in [0.05, 0.1) is 0 Å². The molecule has 1 aliphatic rings. The Kier molecular flexibility index (Phi) is 6.75. The third-order valence-corrected chi connectivity index (χ3v) is 3.15. The fourth-order valence-electron chi connectivity index (χ4n) is 1.28. The highest BCUT2D eigenvalue weighted by molar-refractivity contribution is 8.13. The minimum Gasteiger partial charge on any atom is -0.480 e. The number of rotatable bonds is 8. The summed E-state index contributed by atoms with van der Waals surface area (Å²) in [7, 11) is 1.70. The number of thioether (sulfide) groups is 1. The Morgan fingerprint density at radius 1 is 1.53 bits per heavy atom. The number of hydrazine groups is 2. The second-order valence-electron chi connectivity index (χ2n) is 3.50. The predicted octanol–water partition coefficient (Wildman–Crippen LogP) is 0.217. The zero-order chi connectivity index (χ0) is 12.5. The molecule has 0 spiro atoms. The van der Waals surface area contributed by atoms with Crippen molar-refractivity contribution in [1.29, 1.82) is 0 Å². The number of aliphatic carboxylic acids is 1. The lowest BCUT2D eigenvalue weighted by Gasteiger charge is -2.15. The molecule has 17 heavy (non-hydrogen) atoms. The number of hydrogen-bond acceptors (Lipinski definition) is 7. The molecule has 1 aliphatic heterocycles. The molecule has 0 aromatic heterocycles. The molecule has 0 fully saturated rings. The van der Waals surface area contributed by atoms with Crippen molar-refractivity contribution in [3.05, 3.63) is 0 Å². The number of amidine groups is 1. The van der Waals surface area contributed by atoms with E-state index in [1.165, 1.54) is 16.8 Å². The summed E-state index contributed by atoms with van der Waals surface area (Å²) < 4.78 is 4.96. The van der Waals surface area contributed by atoms with Crippen molar-refractivity contribution >= 4 is 22.9 Å². The SMILES string of the molecule is COCCCCCSC1=NNNN1CC(=O)O. The van der Waals surface area contributed by atoms with E-state index in [1.807, 2.05) is 0 Å². The fraction of sp³-hybridized carbons (Fsp3) is 0.778. The Hall–Kier alpha value is -0.990. The predicted molar refractivity (Wildman–Crippen MR) is 66.2 cm³/mol. The van der Waals surface area contributed by atoms with Crippen LogP contribution in [0.4, 0.5) is 0 Å². The van der Waals surface area contributed by atoms with Crippen molar-refractivity contribution in [2.75, 3.05) is 26.0 Å². The summed E-state index contributed by atoms with van der Waals surface area (Å²) in [6.45, 7) is 0.683. The van der Waals surface area contributed by atoms with Gasteiger partial charge in [-0.1, -0.05) is 18.2 Å². The van der Waals surface area contributed by atoms with Crippen LogP contribution in [0.5, 0.6) is 0 Å². The van der Waals surface area contributed by atoms with Crippen molar-refractivity contribution in [3.63, 3.8) is 0 Å². The molecular weight excluding hydrogens is 244 g/mol. The van der Waals surface area contributed by atoms with Crippen LogP contribution in [-0.2, 0) is 9.53 Å². The molecule has 0 aliphatic carbocycles. The van der Waals surface area contributed by atoms with E-state index >= 15 is 0 Å². The number of carboxylic acid groups (broad SMARTS) is 1. The first-order valence-electron chi connectivity index (χ1n) is 5.43. The summed E-state index contributed by atoms with van der Waals surface area (Å²) in [4.78, 5) is 10.6. The molecule has 7 nitrogen and oxygen atoms in total. The molecule has 0 saturated heterocycles.